The van der Waals surface area contributed by atoms with Crippen LogP contribution in [0.3, 0.4) is 0 Å². The summed E-state index contributed by atoms with van der Waals surface area (Å²) in [6.45, 7) is 4.89. The van der Waals surface area contributed by atoms with Crippen LogP contribution in [0, 0.1) is 5.41 Å². The van der Waals surface area contributed by atoms with Crippen molar-refractivity contribution in [3.05, 3.63) is 48.4 Å². The molecule has 1 aromatic carbocycles. The van der Waals surface area contributed by atoms with E-state index in [-0.39, 0.29) is 5.41 Å². The highest BCUT2D eigenvalue weighted by Gasteiger charge is 2.18. The molecule has 0 radical (unpaired) electrons. The first-order chi connectivity index (χ1) is 8.61. The number of rotatable bonds is 4. The number of nitrogens with two attached hydrogens (primary N) is 1. The molecule has 0 saturated carbocycles. The van der Waals surface area contributed by atoms with Gasteiger partial charge in [-0.15, -0.1) is 0 Å². The number of aromatic nitrogens is 2. The molecule has 18 heavy (non-hydrogen) atoms. The molecule has 0 aliphatic carbocycles. The maximum atomic E-state index is 5.75. The van der Waals surface area contributed by atoms with E-state index < -0.39 is 0 Å². The lowest BCUT2D eigenvalue weighted by atomic mass is 9.89. The molecule has 1 aromatic heterocycles. The third-order valence-corrected chi connectivity index (χ3v) is 2.96. The maximum absolute atomic E-state index is 5.75. The summed E-state index contributed by atoms with van der Waals surface area (Å²) < 4.78 is 0. The monoisotopic (exact) mass is 241 g/mol. The molecule has 2 N–H and O–H groups in total. The van der Waals surface area contributed by atoms with Crippen LogP contribution in [0.2, 0.25) is 0 Å². The van der Waals surface area contributed by atoms with Gasteiger partial charge in [0.2, 0.25) is 0 Å². The fourth-order valence-electron chi connectivity index (χ4n) is 1.75. The van der Waals surface area contributed by atoms with Crippen LogP contribution in [0.15, 0.2) is 42.6 Å². The first kappa shape index (κ1) is 12.7. The van der Waals surface area contributed by atoms with Gasteiger partial charge in [-0.2, -0.15) is 0 Å². The SMILES string of the molecule is CC(C)(CN)Cc1nccc(-c2ccccc2)n1. The fourth-order valence-corrected chi connectivity index (χ4v) is 1.75. The zero-order valence-electron chi connectivity index (χ0n) is 10.9. The van der Waals surface area contributed by atoms with Crippen LogP contribution in [0.4, 0.5) is 0 Å². The molecule has 0 spiro atoms. The van der Waals surface area contributed by atoms with Gasteiger partial charge in [0.15, 0.2) is 0 Å². The van der Waals surface area contributed by atoms with Crippen molar-refractivity contribution in [1.82, 2.24) is 9.97 Å². The Balaban J connectivity index is 2.26. The van der Waals surface area contributed by atoms with Crippen molar-refractivity contribution in [3.63, 3.8) is 0 Å². The van der Waals surface area contributed by atoms with Crippen LogP contribution in [-0.4, -0.2) is 16.5 Å². The summed E-state index contributed by atoms with van der Waals surface area (Å²) in [7, 11) is 0. The molecule has 94 valence electrons. The Bertz CT molecular complexity index is 506. The van der Waals surface area contributed by atoms with Gasteiger partial charge in [-0.25, -0.2) is 9.97 Å². The Kier molecular flexibility index (Phi) is 3.72. The average Bonchev–Trinajstić information content (AvgIpc) is 2.40. The molecule has 1 heterocycles. The van der Waals surface area contributed by atoms with Crippen molar-refractivity contribution >= 4 is 0 Å². The van der Waals surface area contributed by atoms with E-state index >= 15 is 0 Å². The van der Waals surface area contributed by atoms with Gasteiger partial charge in [-0.05, 0) is 18.0 Å². The van der Waals surface area contributed by atoms with Crippen LogP contribution in [0.1, 0.15) is 19.7 Å². The number of hydrogen-bond donors (Lipinski definition) is 1. The molecule has 0 aliphatic rings. The third kappa shape index (κ3) is 3.14. The van der Waals surface area contributed by atoms with Crippen molar-refractivity contribution in [3.8, 4) is 11.3 Å². The van der Waals surface area contributed by atoms with E-state index in [1.165, 1.54) is 0 Å². The van der Waals surface area contributed by atoms with Crippen molar-refractivity contribution < 1.29 is 0 Å². The number of benzene rings is 1. The van der Waals surface area contributed by atoms with E-state index in [1.807, 2.05) is 30.5 Å². The van der Waals surface area contributed by atoms with Gasteiger partial charge in [0.05, 0.1) is 5.69 Å². The van der Waals surface area contributed by atoms with E-state index in [1.54, 1.807) is 0 Å². The van der Waals surface area contributed by atoms with Crippen LogP contribution in [0.5, 0.6) is 0 Å². The van der Waals surface area contributed by atoms with Gasteiger partial charge < -0.3 is 5.73 Å². The van der Waals surface area contributed by atoms with E-state index in [4.69, 9.17) is 5.73 Å². The Morgan fingerprint density at radius 2 is 1.83 bits per heavy atom. The van der Waals surface area contributed by atoms with E-state index in [2.05, 4.69) is 35.9 Å². The minimum atomic E-state index is 0.0370. The quantitative estimate of drug-likeness (QED) is 0.895. The van der Waals surface area contributed by atoms with Gasteiger partial charge in [-0.3, -0.25) is 0 Å². The molecule has 2 rings (SSSR count). The maximum Gasteiger partial charge on any atom is 0.129 e. The average molecular weight is 241 g/mol. The Morgan fingerprint density at radius 3 is 2.50 bits per heavy atom. The second kappa shape index (κ2) is 5.27. The molecule has 3 heteroatoms. The summed E-state index contributed by atoms with van der Waals surface area (Å²) in [5.41, 5.74) is 7.87. The number of hydrogen-bond acceptors (Lipinski definition) is 3. The molecule has 0 atom stereocenters. The first-order valence-electron chi connectivity index (χ1n) is 6.18. The van der Waals surface area contributed by atoms with E-state index in [9.17, 15) is 0 Å². The predicted octanol–water partition coefficient (Wildman–Crippen LogP) is 2.67. The molecule has 2 aromatic rings. The normalized spacial score (nSPS) is 11.5. The first-order valence-corrected chi connectivity index (χ1v) is 6.18. The van der Waals surface area contributed by atoms with Gasteiger partial charge in [0.25, 0.3) is 0 Å². The lowest BCUT2D eigenvalue weighted by Crippen LogP contribution is -2.26. The van der Waals surface area contributed by atoms with Crippen molar-refractivity contribution in [2.24, 2.45) is 11.1 Å². The molecule has 0 bridgehead atoms. The summed E-state index contributed by atoms with van der Waals surface area (Å²) in [5.74, 6) is 0.854. The summed E-state index contributed by atoms with van der Waals surface area (Å²) in [4.78, 5) is 8.94. The summed E-state index contributed by atoms with van der Waals surface area (Å²) in [6, 6.07) is 12.1. The molecule has 0 amide bonds. The zero-order valence-corrected chi connectivity index (χ0v) is 10.9. The minimum absolute atomic E-state index is 0.0370. The smallest absolute Gasteiger partial charge is 0.129 e. The topological polar surface area (TPSA) is 51.8 Å². The molecule has 0 unspecified atom stereocenters. The lowest BCUT2D eigenvalue weighted by molar-refractivity contribution is 0.368. The number of nitrogens with zero attached hydrogens (tertiary/aromatic N) is 2. The second-order valence-electron chi connectivity index (χ2n) is 5.27. The van der Waals surface area contributed by atoms with Crippen LogP contribution in [-0.2, 0) is 6.42 Å². The highest BCUT2D eigenvalue weighted by atomic mass is 14.9. The molecule has 0 saturated heterocycles. The Morgan fingerprint density at radius 1 is 1.11 bits per heavy atom. The Labute approximate surface area is 108 Å². The van der Waals surface area contributed by atoms with Gasteiger partial charge in [0, 0.05) is 18.2 Å². The van der Waals surface area contributed by atoms with Crippen LogP contribution >= 0.6 is 0 Å². The summed E-state index contributed by atoms with van der Waals surface area (Å²) in [6.07, 6.45) is 2.61. The van der Waals surface area contributed by atoms with E-state index in [0.717, 1.165) is 23.5 Å². The van der Waals surface area contributed by atoms with Crippen molar-refractivity contribution in [1.29, 1.82) is 0 Å². The third-order valence-electron chi connectivity index (χ3n) is 2.96. The zero-order chi connectivity index (χ0) is 13.0. The minimum Gasteiger partial charge on any atom is -0.330 e. The highest BCUT2D eigenvalue weighted by molar-refractivity contribution is 5.58. The lowest BCUT2D eigenvalue weighted by Gasteiger charge is -2.21. The summed E-state index contributed by atoms with van der Waals surface area (Å²) in [5, 5.41) is 0. The van der Waals surface area contributed by atoms with Gasteiger partial charge >= 0.3 is 0 Å². The second-order valence-corrected chi connectivity index (χ2v) is 5.27. The van der Waals surface area contributed by atoms with Crippen LogP contribution < -0.4 is 5.73 Å². The molecular weight excluding hydrogens is 222 g/mol. The van der Waals surface area contributed by atoms with E-state index in [0.29, 0.717) is 6.54 Å². The molecule has 3 nitrogen and oxygen atoms in total. The molecule has 0 aliphatic heterocycles. The fraction of sp³-hybridized carbons (Fsp3) is 0.333. The van der Waals surface area contributed by atoms with Crippen LogP contribution in [0.25, 0.3) is 11.3 Å². The highest BCUT2D eigenvalue weighted by Crippen LogP contribution is 2.20. The standard InChI is InChI=1S/C15H19N3/c1-15(2,11-16)10-14-17-9-8-13(18-14)12-6-4-3-5-7-12/h3-9H,10-11,16H2,1-2H3. The predicted molar refractivity (Wildman–Crippen MR) is 74.0 cm³/mol. The van der Waals surface area contributed by atoms with Crippen molar-refractivity contribution in [2.45, 2.75) is 20.3 Å². The molecule has 0 fully saturated rings. The van der Waals surface area contributed by atoms with Gasteiger partial charge in [-0.1, -0.05) is 44.2 Å². The summed E-state index contributed by atoms with van der Waals surface area (Å²) >= 11 is 0. The Hall–Kier alpha value is -1.74. The van der Waals surface area contributed by atoms with Gasteiger partial charge in [0.1, 0.15) is 5.82 Å². The largest absolute Gasteiger partial charge is 0.330 e. The molecular formula is C15H19N3. The van der Waals surface area contributed by atoms with Crippen molar-refractivity contribution in [2.75, 3.05) is 6.54 Å².